The van der Waals surface area contributed by atoms with E-state index in [1.165, 1.54) is 16.9 Å². The van der Waals surface area contributed by atoms with Crippen LogP contribution in [0, 0.1) is 6.92 Å². The maximum Gasteiger partial charge on any atom is 0.257 e. The van der Waals surface area contributed by atoms with Crippen LogP contribution in [0.1, 0.15) is 41.3 Å². The third kappa shape index (κ3) is 3.02. The summed E-state index contributed by atoms with van der Waals surface area (Å²) in [6.45, 7) is 6.31. The number of fused-ring (bicyclic) bond motifs is 1. The Morgan fingerprint density at radius 3 is 2.73 bits per heavy atom. The van der Waals surface area contributed by atoms with Crippen molar-refractivity contribution in [3.63, 3.8) is 0 Å². The van der Waals surface area contributed by atoms with Crippen LogP contribution >= 0.6 is 11.3 Å². The van der Waals surface area contributed by atoms with Gasteiger partial charge >= 0.3 is 0 Å². The summed E-state index contributed by atoms with van der Waals surface area (Å²) < 4.78 is 1.10. The first-order valence-electron chi connectivity index (χ1n) is 7.31. The zero-order valence-corrected chi connectivity index (χ0v) is 13.7. The van der Waals surface area contributed by atoms with Gasteiger partial charge in [-0.2, -0.15) is 0 Å². The molecule has 4 heteroatoms. The molecular formula is C18H18N2OS. The van der Waals surface area contributed by atoms with Crippen molar-refractivity contribution in [2.75, 3.05) is 5.32 Å². The lowest BCUT2D eigenvalue weighted by Crippen LogP contribution is -2.11. The van der Waals surface area contributed by atoms with Gasteiger partial charge in [-0.15, -0.1) is 0 Å². The van der Waals surface area contributed by atoms with Gasteiger partial charge in [0.1, 0.15) is 0 Å². The summed E-state index contributed by atoms with van der Waals surface area (Å²) in [4.78, 5) is 16.8. The second-order valence-corrected chi connectivity index (χ2v) is 6.76. The van der Waals surface area contributed by atoms with E-state index in [2.05, 4.69) is 36.3 Å². The first-order valence-corrected chi connectivity index (χ1v) is 8.13. The number of hydrogen-bond donors (Lipinski definition) is 1. The maximum absolute atomic E-state index is 12.3. The topological polar surface area (TPSA) is 42.0 Å². The Kier molecular flexibility index (Phi) is 3.94. The van der Waals surface area contributed by atoms with Gasteiger partial charge in [-0.25, -0.2) is 4.98 Å². The average molecular weight is 310 g/mol. The lowest BCUT2D eigenvalue weighted by molar-refractivity contribution is 0.102. The first kappa shape index (κ1) is 14.7. The predicted molar refractivity (Wildman–Crippen MR) is 92.8 cm³/mol. The van der Waals surface area contributed by atoms with Crippen LogP contribution in [-0.4, -0.2) is 10.9 Å². The van der Waals surface area contributed by atoms with Crippen molar-refractivity contribution in [3.8, 4) is 0 Å². The summed E-state index contributed by atoms with van der Waals surface area (Å²) in [6, 6.07) is 13.8. The highest BCUT2D eigenvalue weighted by Crippen LogP contribution is 2.29. The Labute approximate surface area is 134 Å². The fourth-order valence-electron chi connectivity index (χ4n) is 2.31. The number of nitrogens with zero attached hydrogens (tertiary/aromatic N) is 1. The molecule has 1 amide bonds. The van der Waals surface area contributed by atoms with E-state index in [0.29, 0.717) is 16.6 Å². The van der Waals surface area contributed by atoms with Crippen LogP contribution in [0.2, 0.25) is 0 Å². The molecule has 0 fully saturated rings. The van der Waals surface area contributed by atoms with Crippen molar-refractivity contribution in [1.29, 1.82) is 0 Å². The minimum absolute atomic E-state index is 0.119. The molecule has 0 bridgehead atoms. The van der Waals surface area contributed by atoms with E-state index < -0.39 is 0 Å². The molecule has 0 saturated heterocycles. The number of thiazole rings is 1. The van der Waals surface area contributed by atoms with E-state index in [-0.39, 0.29) is 5.91 Å². The fraction of sp³-hybridized carbons (Fsp3) is 0.222. The number of aryl methyl sites for hydroxylation is 1. The van der Waals surface area contributed by atoms with Crippen molar-refractivity contribution in [1.82, 2.24) is 4.98 Å². The molecule has 1 N–H and O–H groups in total. The van der Waals surface area contributed by atoms with Crippen LogP contribution in [0.25, 0.3) is 10.2 Å². The van der Waals surface area contributed by atoms with Crippen LogP contribution in [0.5, 0.6) is 0 Å². The van der Waals surface area contributed by atoms with Gasteiger partial charge in [0.2, 0.25) is 0 Å². The van der Waals surface area contributed by atoms with Gasteiger partial charge in [-0.05, 0) is 42.7 Å². The molecule has 0 saturated carbocycles. The lowest BCUT2D eigenvalue weighted by Gasteiger charge is -2.03. The number of nitrogens with one attached hydrogen (secondary N) is 1. The fourth-order valence-corrected chi connectivity index (χ4v) is 3.22. The van der Waals surface area contributed by atoms with Crippen LogP contribution in [0.3, 0.4) is 0 Å². The molecule has 0 aliphatic heterocycles. The van der Waals surface area contributed by atoms with E-state index in [9.17, 15) is 4.79 Å². The standard InChI is InChI=1S/C18H18N2OS/c1-11(2)13-7-8-15-16(10-13)22-18(19-15)20-17(21)14-6-4-5-12(3)9-14/h4-11H,1-3H3,(H,19,20,21). The number of carbonyl (C=O) groups is 1. The summed E-state index contributed by atoms with van der Waals surface area (Å²) >= 11 is 1.51. The van der Waals surface area contributed by atoms with E-state index in [0.717, 1.165) is 15.8 Å². The Bertz CT molecular complexity index is 836. The SMILES string of the molecule is Cc1cccc(C(=O)Nc2nc3ccc(C(C)C)cc3s2)c1. The third-order valence-corrected chi connectivity index (χ3v) is 4.51. The van der Waals surface area contributed by atoms with Gasteiger partial charge in [-0.3, -0.25) is 10.1 Å². The molecule has 22 heavy (non-hydrogen) atoms. The monoisotopic (exact) mass is 310 g/mol. The van der Waals surface area contributed by atoms with E-state index in [4.69, 9.17) is 0 Å². The molecule has 1 aromatic heterocycles. The molecule has 3 rings (SSSR count). The van der Waals surface area contributed by atoms with Gasteiger partial charge in [0.15, 0.2) is 5.13 Å². The van der Waals surface area contributed by atoms with E-state index >= 15 is 0 Å². The van der Waals surface area contributed by atoms with Crippen LogP contribution in [0.15, 0.2) is 42.5 Å². The molecule has 0 radical (unpaired) electrons. The average Bonchev–Trinajstić information content (AvgIpc) is 2.88. The molecule has 0 atom stereocenters. The highest BCUT2D eigenvalue weighted by molar-refractivity contribution is 7.22. The van der Waals surface area contributed by atoms with Gasteiger partial charge in [0.25, 0.3) is 5.91 Å². The molecule has 0 unspecified atom stereocenters. The molecule has 0 spiro atoms. The molecule has 3 aromatic rings. The molecular weight excluding hydrogens is 292 g/mol. The van der Waals surface area contributed by atoms with Crippen molar-refractivity contribution in [2.24, 2.45) is 0 Å². The van der Waals surface area contributed by atoms with Crippen LogP contribution < -0.4 is 5.32 Å². The zero-order valence-electron chi connectivity index (χ0n) is 12.9. The highest BCUT2D eigenvalue weighted by atomic mass is 32.1. The summed E-state index contributed by atoms with van der Waals surface area (Å²) in [7, 11) is 0. The number of rotatable bonds is 3. The van der Waals surface area contributed by atoms with E-state index in [1.54, 1.807) is 0 Å². The second-order valence-electron chi connectivity index (χ2n) is 5.72. The number of anilines is 1. The van der Waals surface area contributed by atoms with Gasteiger partial charge in [0, 0.05) is 5.56 Å². The summed E-state index contributed by atoms with van der Waals surface area (Å²) in [5.74, 6) is 0.365. The Balaban J connectivity index is 1.86. The molecule has 2 aromatic carbocycles. The largest absolute Gasteiger partial charge is 0.298 e. The molecule has 112 valence electrons. The van der Waals surface area contributed by atoms with Gasteiger partial charge in [-0.1, -0.05) is 48.9 Å². The first-order chi connectivity index (χ1) is 10.5. The van der Waals surface area contributed by atoms with Crippen LogP contribution in [0.4, 0.5) is 5.13 Å². The maximum atomic E-state index is 12.3. The summed E-state index contributed by atoms with van der Waals surface area (Å²) in [6.07, 6.45) is 0. The number of amides is 1. The molecule has 1 heterocycles. The van der Waals surface area contributed by atoms with Gasteiger partial charge in [0.05, 0.1) is 10.2 Å². The molecule has 0 aliphatic rings. The highest BCUT2D eigenvalue weighted by Gasteiger charge is 2.11. The quantitative estimate of drug-likeness (QED) is 0.741. The zero-order chi connectivity index (χ0) is 15.7. The number of benzene rings is 2. The van der Waals surface area contributed by atoms with E-state index in [1.807, 2.05) is 37.3 Å². The number of aromatic nitrogens is 1. The lowest BCUT2D eigenvalue weighted by atomic mass is 10.0. The Morgan fingerprint density at radius 2 is 2.00 bits per heavy atom. The molecule has 3 nitrogen and oxygen atoms in total. The second kappa shape index (κ2) is 5.89. The van der Waals surface area contributed by atoms with Gasteiger partial charge < -0.3 is 0 Å². The Morgan fingerprint density at radius 1 is 1.18 bits per heavy atom. The summed E-state index contributed by atoms with van der Waals surface area (Å²) in [5, 5.41) is 3.53. The minimum Gasteiger partial charge on any atom is -0.298 e. The Hall–Kier alpha value is -2.20. The summed E-state index contributed by atoms with van der Waals surface area (Å²) in [5.41, 5.74) is 3.93. The number of carbonyl (C=O) groups excluding carboxylic acids is 1. The predicted octanol–water partition coefficient (Wildman–Crippen LogP) is 4.98. The van der Waals surface area contributed by atoms with Crippen molar-refractivity contribution in [2.45, 2.75) is 26.7 Å². The smallest absolute Gasteiger partial charge is 0.257 e. The van der Waals surface area contributed by atoms with Crippen molar-refractivity contribution < 1.29 is 4.79 Å². The normalized spacial score (nSPS) is 11.1. The van der Waals surface area contributed by atoms with Crippen molar-refractivity contribution >= 4 is 32.6 Å². The van der Waals surface area contributed by atoms with Crippen molar-refractivity contribution in [3.05, 3.63) is 59.2 Å². The van der Waals surface area contributed by atoms with Crippen LogP contribution in [-0.2, 0) is 0 Å². The number of hydrogen-bond acceptors (Lipinski definition) is 3. The minimum atomic E-state index is -0.119. The third-order valence-electron chi connectivity index (χ3n) is 3.58. The molecule has 0 aliphatic carbocycles.